The van der Waals surface area contributed by atoms with Gasteiger partial charge in [0, 0.05) is 36.1 Å². The van der Waals surface area contributed by atoms with Crippen LogP contribution in [0, 0.1) is 23.4 Å². The summed E-state index contributed by atoms with van der Waals surface area (Å²) in [6, 6.07) is 6.35. The molecule has 42 heavy (non-hydrogen) atoms. The van der Waals surface area contributed by atoms with Crippen molar-refractivity contribution in [2.24, 2.45) is 5.92 Å². The van der Waals surface area contributed by atoms with Crippen LogP contribution >= 0.6 is 0 Å². The Hall–Kier alpha value is -2.45. The molecule has 0 aromatic heterocycles. The molecule has 3 aliphatic rings. The lowest BCUT2D eigenvalue weighted by molar-refractivity contribution is 0.0663. The summed E-state index contributed by atoms with van der Waals surface area (Å²) in [5.41, 5.74) is 0.453. The van der Waals surface area contributed by atoms with Crippen LogP contribution in [0.25, 0.3) is 0 Å². The zero-order valence-electron chi connectivity index (χ0n) is 23.6. The van der Waals surface area contributed by atoms with E-state index in [0.717, 1.165) is 11.0 Å². The average Bonchev–Trinajstić information content (AvgIpc) is 3.34. The van der Waals surface area contributed by atoms with Gasteiger partial charge in [-0.25, -0.2) is 21.6 Å². The first kappa shape index (κ1) is 31.0. The van der Waals surface area contributed by atoms with Crippen LogP contribution in [0.3, 0.4) is 0 Å². The van der Waals surface area contributed by atoms with E-state index in [0.29, 0.717) is 31.7 Å². The van der Waals surface area contributed by atoms with Crippen LogP contribution in [0.5, 0.6) is 0 Å². The van der Waals surface area contributed by atoms with Gasteiger partial charge in [0.1, 0.15) is 10.6 Å². The zero-order chi connectivity index (χ0) is 30.6. The molecule has 0 saturated carbocycles. The summed E-state index contributed by atoms with van der Waals surface area (Å²) in [6.45, 7) is 5.06. The van der Waals surface area contributed by atoms with E-state index in [9.17, 15) is 35.7 Å². The van der Waals surface area contributed by atoms with E-state index >= 15 is 0 Å². The summed E-state index contributed by atoms with van der Waals surface area (Å²) in [5.74, 6) is -5.04. The van der Waals surface area contributed by atoms with Crippen LogP contribution in [-0.2, 0) is 27.8 Å². The molecule has 8 nitrogen and oxygen atoms in total. The van der Waals surface area contributed by atoms with Gasteiger partial charge in [-0.05, 0) is 82.6 Å². The minimum atomic E-state index is -3.86. The standard InChI is InChI=1S/C29H34F3N3O5S2/c1-29(2,3)41(38)33-26(15-17-14-24(31)25(32)16-23(17)30)18-12-19-8-9-20(13-18)35(19)42(39,40)11-10-34-27(36)21-6-4-5-7-22(21)28(34)37/h4-7,14,16,18-20,26,33H,8-13,15H2,1-3H3/t18-,19-,20+,26-,41+/m1/s1. The second kappa shape index (κ2) is 11.6. The fourth-order valence-corrected chi connectivity index (χ4v) is 9.11. The average molecular weight is 626 g/mol. The van der Waals surface area contributed by atoms with Crippen molar-refractivity contribution in [3.63, 3.8) is 0 Å². The molecule has 2 aromatic carbocycles. The highest BCUT2D eigenvalue weighted by Gasteiger charge is 2.49. The largest absolute Gasteiger partial charge is 0.598 e. The second-order valence-electron chi connectivity index (χ2n) is 12.2. The van der Waals surface area contributed by atoms with Crippen LogP contribution in [0.1, 0.15) is 72.7 Å². The molecular weight excluding hydrogens is 591 g/mol. The predicted molar refractivity (Wildman–Crippen MR) is 152 cm³/mol. The van der Waals surface area contributed by atoms with Gasteiger partial charge in [-0.15, -0.1) is 4.72 Å². The summed E-state index contributed by atoms with van der Waals surface area (Å²) in [6.07, 6.45) is 1.94. The highest BCUT2D eigenvalue weighted by Crippen LogP contribution is 2.43. The molecule has 5 rings (SSSR count). The minimum absolute atomic E-state index is 0.0541. The van der Waals surface area contributed by atoms with Gasteiger partial charge in [0.2, 0.25) is 10.0 Å². The molecule has 0 aliphatic carbocycles. The molecule has 0 spiro atoms. The Morgan fingerprint density at radius 3 is 2.07 bits per heavy atom. The van der Waals surface area contributed by atoms with Gasteiger partial charge in [0.25, 0.3) is 11.8 Å². The number of piperidine rings is 1. The summed E-state index contributed by atoms with van der Waals surface area (Å²) < 4.78 is 86.3. The summed E-state index contributed by atoms with van der Waals surface area (Å²) in [5, 5.41) is 0. The van der Waals surface area contributed by atoms with E-state index < -0.39 is 67.2 Å². The lowest BCUT2D eigenvalue weighted by Gasteiger charge is -2.41. The van der Waals surface area contributed by atoms with Gasteiger partial charge >= 0.3 is 0 Å². The Morgan fingerprint density at radius 1 is 0.976 bits per heavy atom. The Bertz CT molecular complexity index is 1450. The monoisotopic (exact) mass is 625 g/mol. The lowest BCUT2D eigenvalue weighted by atomic mass is 9.83. The third kappa shape index (κ3) is 5.99. The number of nitrogens with zero attached hydrogens (tertiary/aromatic N) is 2. The quantitative estimate of drug-likeness (QED) is 0.257. The van der Waals surface area contributed by atoms with Gasteiger partial charge in [0.05, 0.1) is 22.9 Å². The molecule has 228 valence electrons. The molecule has 0 unspecified atom stereocenters. The first-order valence-corrected chi connectivity index (χ1v) is 16.7. The number of fused-ring (bicyclic) bond motifs is 3. The molecular formula is C29H34F3N3O5S2. The summed E-state index contributed by atoms with van der Waals surface area (Å²) in [7, 11) is -3.86. The first-order chi connectivity index (χ1) is 19.7. The van der Waals surface area contributed by atoms with Crippen molar-refractivity contribution < 1.29 is 35.7 Å². The van der Waals surface area contributed by atoms with E-state index in [1.807, 2.05) is 0 Å². The number of hydrogen-bond acceptors (Lipinski definition) is 6. The van der Waals surface area contributed by atoms with Crippen molar-refractivity contribution in [3.05, 3.63) is 70.5 Å². The van der Waals surface area contributed by atoms with Gasteiger partial charge in [-0.2, -0.15) is 4.31 Å². The van der Waals surface area contributed by atoms with Crippen molar-refractivity contribution in [1.29, 1.82) is 0 Å². The fraction of sp³-hybridized carbons (Fsp3) is 0.517. The number of carbonyl (C=O) groups is 2. The number of halogens is 3. The first-order valence-electron chi connectivity index (χ1n) is 13.9. The van der Waals surface area contributed by atoms with E-state index in [1.54, 1.807) is 45.0 Å². The molecule has 5 atom stereocenters. The fourth-order valence-electron chi connectivity index (χ4n) is 6.29. The van der Waals surface area contributed by atoms with Crippen LogP contribution in [0.2, 0.25) is 0 Å². The molecule has 2 aromatic rings. The molecule has 2 fully saturated rings. The van der Waals surface area contributed by atoms with Crippen LogP contribution in [0.15, 0.2) is 36.4 Å². The molecule has 2 bridgehead atoms. The second-order valence-corrected chi connectivity index (χ2v) is 16.2. The SMILES string of the molecule is CC(C)(C)[S@+]([O-])N[C@H](Cc1cc(F)c(F)cc1F)[C@@H]1C[C@H]2CC[C@@H](C1)N2S(=O)(=O)CCN1C(=O)c2ccccc2C1=O. The summed E-state index contributed by atoms with van der Waals surface area (Å²) >= 11 is -1.56. The maximum Gasteiger partial charge on any atom is 0.261 e. The highest BCUT2D eigenvalue weighted by molar-refractivity contribution is 7.90. The van der Waals surface area contributed by atoms with Crippen molar-refractivity contribution in [2.75, 3.05) is 12.3 Å². The number of amides is 2. The number of rotatable bonds is 9. The van der Waals surface area contributed by atoms with Gasteiger partial charge in [-0.3, -0.25) is 14.5 Å². The molecule has 3 heterocycles. The smallest absolute Gasteiger partial charge is 0.261 e. The number of benzene rings is 2. The Morgan fingerprint density at radius 2 is 1.52 bits per heavy atom. The molecule has 3 aliphatic heterocycles. The molecule has 2 amide bonds. The molecule has 1 N–H and O–H groups in total. The van der Waals surface area contributed by atoms with E-state index in [-0.39, 0.29) is 47.7 Å². The van der Waals surface area contributed by atoms with Crippen molar-refractivity contribution in [2.45, 2.75) is 75.7 Å². The van der Waals surface area contributed by atoms with Gasteiger partial charge < -0.3 is 4.55 Å². The molecule has 13 heteroatoms. The van der Waals surface area contributed by atoms with Crippen molar-refractivity contribution in [1.82, 2.24) is 13.9 Å². The number of carbonyl (C=O) groups excluding carboxylic acids is 2. The Labute approximate surface area is 247 Å². The lowest BCUT2D eigenvalue weighted by Crippen LogP contribution is -2.54. The van der Waals surface area contributed by atoms with Crippen molar-refractivity contribution in [3.8, 4) is 0 Å². The van der Waals surface area contributed by atoms with Crippen LogP contribution in [0.4, 0.5) is 13.2 Å². The van der Waals surface area contributed by atoms with E-state index in [1.165, 1.54) is 4.31 Å². The third-order valence-corrected chi connectivity index (χ3v) is 12.0. The number of nitrogens with one attached hydrogen (secondary N) is 1. The molecule has 0 radical (unpaired) electrons. The number of sulfonamides is 1. The Balaban J connectivity index is 1.31. The van der Waals surface area contributed by atoms with Gasteiger partial charge in [0.15, 0.2) is 11.6 Å². The minimum Gasteiger partial charge on any atom is -0.598 e. The number of hydrogen-bond donors (Lipinski definition) is 1. The maximum absolute atomic E-state index is 14.6. The predicted octanol–water partition coefficient (Wildman–Crippen LogP) is 3.94. The normalized spacial score (nSPS) is 24.3. The topological polar surface area (TPSA) is 110 Å². The van der Waals surface area contributed by atoms with Crippen LogP contribution in [-0.4, -0.2) is 69.2 Å². The van der Waals surface area contributed by atoms with Gasteiger partial charge in [-0.1, -0.05) is 12.1 Å². The van der Waals surface area contributed by atoms with E-state index in [2.05, 4.69) is 4.72 Å². The van der Waals surface area contributed by atoms with Crippen LogP contribution < -0.4 is 4.72 Å². The maximum atomic E-state index is 14.6. The third-order valence-electron chi connectivity index (χ3n) is 8.39. The summed E-state index contributed by atoms with van der Waals surface area (Å²) in [4.78, 5) is 26.4. The van der Waals surface area contributed by atoms with E-state index in [4.69, 9.17) is 0 Å². The van der Waals surface area contributed by atoms with Crippen molar-refractivity contribution >= 4 is 33.2 Å². The number of imide groups is 1. The zero-order valence-corrected chi connectivity index (χ0v) is 25.2. The Kier molecular flexibility index (Phi) is 8.53. The highest BCUT2D eigenvalue weighted by atomic mass is 32.2. The molecule has 2 saturated heterocycles.